The Bertz CT molecular complexity index is 837. The van der Waals surface area contributed by atoms with Crippen LogP contribution in [0.4, 0.5) is 15.9 Å². The van der Waals surface area contributed by atoms with E-state index in [0.29, 0.717) is 17.2 Å². The van der Waals surface area contributed by atoms with Crippen LogP contribution in [0.5, 0.6) is 0 Å². The van der Waals surface area contributed by atoms with Crippen LogP contribution in [0.3, 0.4) is 0 Å². The number of nitrogen functional groups attached to an aromatic ring is 1. The monoisotopic (exact) mass is 309 g/mol. The molecule has 23 heavy (non-hydrogen) atoms. The molecule has 7 heteroatoms. The summed E-state index contributed by atoms with van der Waals surface area (Å²) < 4.78 is 12.9. The number of nitrogens with two attached hydrogens (primary N) is 1. The Kier molecular flexibility index (Phi) is 3.92. The fraction of sp³-hybridized carbons (Fsp3) is 0. The third-order valence-corrected chi connectivity index (χ3v) is 3.06. The van der Waals surface area contributed by atoms with E-state index in [0.717, 1.165) is 0 Å². The Hall–Kier alpha value is -3.35. The second-order valence-electron chi connectivity index (χ2n) is 4.67. The standard InChI is InChI=1S/C16H12FN5O/c17-10-4-6-11(7-5-10)21-16(23)12-9-20-15(22-14(12)18)13-3-1-2-8-19-13/h1-9H,(H,21,23)(H2,18,20,22). The summed E-state index contributed by atoms with van der Waals surface area (Å²) in [5, 5.41) is 2.60. The summed E-state index contributed by atoms with van der Waals surface area (Å²) in [6.07, 6.45) is 2.95. The number of anilines is 2. The second-order valence-corrected chi connectivity index (χ2v) is 4.67. The molecule has 0 aliphatic rings. The maximum Gasteiger partial charge on any atom is 0.260 e. The molecule has 1 aromatic carbocycles. The number of rotatable bonds is 3. The van der Waals surface area contributed by atoms with Gasteiger partial charge in [0.15, 0.2) is 5.82 Å². The lowest BCUT2D eigenvalue weighted by Gasteiger charge is -2.08. The van der Waals surface area contributed by atoms with Gasteiger partial charge in [0.2, 0.25) is 0 Å². The first-order valence-corrected chi connectivity index (χ1v) is 6.74. The van der Waals surface area contributed by atoms with Crippen LogP contribution in [0.15, 0.2) is 54.9 Å². The number of benzene rings is 1. The molecule has 0 aliphatic carbocycles. The molecule has 0 spiro atoms. The highest BCUT2D eigenvalue weighted by Gasteiger charge is 2.14. The third kappa shape index (κ3) is 3.29. The molecule has 1 amide bonds. The van der Waals surface area contributed by atoms with E-state index in [1.807, 2.05) is 0 Å². The normalized spacial score (nSPS) is 10.3. The van der Waals surface area contributed by atoms with Gasteiger partial charge in [-0.3, -0.25) is 9.78 Å². The lowest BCUT2D eigenvalue weighted by molar-refractivity contribution is 0.102. The summed E-state index contributed by atoms with van der Waals surface area (Å²) in [6, 6.07) is 10.7. The summed E-state index contributed by atoms with van der Waals surface area (Å²) in [7, 11) is 0. The van der Waals surface area contributed by atoms with Crippen molar-refractivity contribution in [3.05, 3.63) is 66.2 Å². The van der Waals surface area contributed by atoms with Gasteiger partial charge in [-0.2, -0.15) is 0 Å². The van der Waals surface area contributed by atoms with Crippen LogP contribution in [0.1, 0.15) is 10.4 Å². The third-order valence-electron chi connectivity index (χ3n) is 3.06. The molecule has 3 rings (SSSR count). The van der Waals surface area contributed by atoms with Crippen molar-refractivity contribution < 1.29 is 9.18 Å². The zero-order chi connectivity index (χ0) is 16.2. The van der Waals surface area contributed by atoms with Crippen molar-refractivity contribution >= 4 is 17.4 Å². The molecule has 0 unspecified atom stereocenters. The Labute approximate surface area is 131 Å². The number of hydrogen-bond donors (Lipinski definition) is 2. The average molecular weight is 309 g/mol. The lowest BCUT2D eigenvalue weighted by Crippen LogP contribution is -2.15. The van der Waals surface area contributed by atoms with Gasteiger partial charge in [0.1, 0.15) is 22.9 Å². The fourth-order valence-electron chi connectivity index (χ4n) is 1.92. The predicted octanol–water partition coefficient (Wildman–Crippen LogP) is 2.51. The summed E-state index contributed by atoms with van der Waals surface area (Å²) in [4.78, 5) is 24.5. The van der Waals surface area contributed by atoms with Gasteiger partial charge >= 0.3 is 0 Å². The number of aromatic nitrogens is 3. The van der Waals surface area contributed by atoms with Crippen LogP contribution in [-0.4, -0.2) is 20.9 Å². The van der Waals surface area contributed by atoms with Crippen molar-refractivity contribution in [1.29, 1.82) is 0 Å². The van der Waals surface area contributed by atoms with Gasteiger partial charge in [-0.15, -0.1) is 0 Å². The minimum atomic E-state index is -0.471. The Morgan fingerprint density at radius 1 is 1.09 bits per heavy atom. The maximum atomic E-state index is 12.9. The number of hydrogen-bond acceptors (Lipinski definition) is 5. The molecule has 0 bridgehead atoms. The number of halogens is 1. The van der Waals surface area contributed by atoms with Crippen LogP contribution < -0.4 is 11.1 Å². The highest BCUT2D eigenvalue weighted by molar-refractivity contribution is 6.07. The van der Waals surface area contributed by atoms with Crippen LogP contribution in [-0.2, 0) is 0 Å². The first kappa shape index (κ1) is 14.6. The summed E-state index contributed by atoms with van der Waals surface area (Å²) in [6.45, 7) is 0. The first-order valence-electron chi connectivity index (χ1n) is 6.74. The van der Waals surface area contributed by atoms with Gasteiger partial charge in [0, 0.05) is 18.1 Å². The van der Waals surface area contributed by atoms with Gasteiger partial charge in [-0.25, -0.2) is 14.4 Å². The molecular weight excluding hydrogens is 297 g/mol. The first-order chi connectivity index (χ1) is 11.1. The number of nitrogens with one attached hydrogen (secondary N) is 1. The van der Waals surface area contributed by atoms with E-state index in [9.17, 15) is 9.18 Å². The van der Waals surface area contributed by atoms with Gasteiger partial charge in [-0.1, -0.05) is 6.07 Å². The van der Waals surface area contributed by atoms with Crippen LogP contribution >= 0.6 is 0 Å². The van der Waals surface area contributed by atoms with Crippen molar-refractivity contribution in [3.63, 3.8) is 0 Å². The van der Waals surface area contributed by atoms with E-state index >= 15 is 0 Å². The molecule has 3 aromatic rings. The summed E-state index contributed by atoms with van der Waals surface area (Å²) >= 11 is 0. The van der Waals surface area contributed by atoms with Gasteiger partial charge in [0.25, 0.3) is 5.91 Å². The van der Waals surface area contributed by atoms with E-state index in [-0.39, 0.29) is 17.2 Å². The van der Waals surface area contributed by atoms with Crippen molar-refractivity contribution in [3.8, 4) is 11.5 Å². The smallest absolute Gasteiger partial charge is 0.260 e. The topological polar surface area (TPSA) is 93.8 Å². The van der Waals surface area contributed by atoms with Gasteiger partial charge in [0.05, 0.1) is 0 Å². The molecular formula is C16H12FN5O. The molecule has 3 N–H and O–H groups in total. The Balaban J connectivity index is 1.83. The molecule has 0 fully saturated rings. The van der Waals surface area contributed by atoms with Crippen LogP contribution in [0, 0.1) is 5.82 Å². The molecule has 0 radical (unpaired) electrons. The Morgan fingerprint density at radius 3 is 2.52 bits per heavy atom. The number of nitrogens with zero attached hydrogens (tertiary/aromatic N) is 3. The zero-order valence-corrected chi connectivity index (χ0v) is 11.9. The van der Waals surface area contributed by atoms with Crippen molar-refractivity contribution in [2.24, 2.45) is 0 Å². The number of carbonyl (C=O) groups is 1. The summed E-state index contributed by atoms with van der Waals surface area (Å²) in [5.74, 6) is -0.478. The van der Waals surface area contributed by atoms with E-state index in [2.05, 4.69) is 20.3 Å². The van der Waals surface area contributed by atoms with Crippen molar-refractivity contribution in [2.75, 3.05) is 11.1 Å². The van der Waals surface area contributed by atoms with Crippen LogP contribution in [0.2, 0.25) is 0 Å². The van der Waals surface area contributed by atoms with E-state index in [1.54, 1.807) is 24.4 Å². The molecule has 2 aromatic heterocycles. The van der Waals surface area contributed by atoms with Crippen LogP contribution in [0.25, 0.3) is 11.5 Å². The average Bonchev–Trinajstić information content (AvgIpc) is 2.57. The number of pyridine rings is 1. The predicted molar refractivity (Wildman–Crippen MR) is 84.0 cm³/mol. The second kappa shape index (κ2) is 6.18. The number of amides is 1. The molecule has 2 heterocycles. The summed E-state index contributed by atoms with van der Waals surface area (Å²) in [5.41, 5.74) is 6.98. The molecule has 0 saturated carbocycles. The molecule has 0 aliphatic heterocycles. The maximum absolute atomic E-state index is 12.9. The fourth-order valence-corrected chi connectivity index (χ4v) is 1.92. The van der Waals surface area contributed by atoms with E-state index in [4.69, 9.17) is 5.73 Å². The minimum Gasteiger partial charge on any atom is -0.383 e. The lowest BCUT2D eigenvalue weighted by atomic mass is 10.2. The van der Waals surface area contributed by atoms with Gasteiger partial charge in [-0.05, 0) is 36.4 Å². The van der Waals surface area contributed by atoms with Gasteiger partial charge < -0.3 is 11.1 Å². The van der Waals surface area contributed by atoms with Crippen molar-refractivity contribution in [2.45, 2.75) is 0 Å². The quantitative estimate of drug-likeness (QED) is 0.775. The van der Waals surface area contributed by atoms with E-state index < -0.39 is 5.91 Å². The molecule has 114 valence electrons. The molecule has 6 nitrogen and oxygen atoms in total. The molecule has 0 saturated heterocycles. The van der Waals surface area contributed by atoms with Crippen molar-refractivity contribution in [1.82, 2.24) is 15.0 Å². The number of carbonyl (C=O) groups excluding carboxylic acids is 1. The molecule has 0 atom stereocenters. The van der Waals surface area contributed by atoms with E-state index in [1.165, 1.54) is 30.5 Å². The Morgan fingerprint density at radius 2 is 1.87 bits per heavy atom. The minimum absolute atomic E-state index is 0.0419. The largest absolute Gasteiger partial charge is 0.383 e. The highest BCUT2D eigenvalue weighted by Crippen LogP contribution is 2.17. The highest BCUT2D eigenvalue weighted by atomic mass is 19.1. The zero-order valence-electron chi connectivity index (χ0n) is 11.9. The SMILES string of the molecule is Nc1nc(-c2ccccn2)ncc1C(=O)Nc1ccc(F)cc1.